The van der Waals surface area contributed by atoms with E-state index in [-0.39, 0.29) is 24.2 Å². The Kier molecular flexibility index (Phi) is 7.50. The fraction of sp³-hybridized carbons (Fsp3) is 0.310. The Morgan fingerprint density at radius 3 is 2.54 bits per heavy atom. The molecule has 0 saturated heterocycles. The number of rotatable bonds is 5. The third-order valence-electron chi connectivity index (χ3n) is 6.19. The van der Waals surface area contributed by atoms with Crippen LogP contribution in [0.5, 0.6) is 5.75 Å². The van der Waals surface area contributed by atoms with E-state index in [1.807, 2.05) is 49.4 Å². The summed E-state index contributed by atoms with van der Waals surface area (Å²) in [6, 6.07) is 10.6. The van der Waals surface area contributed by atoms with Crippen LogP contribution < -0.4 is 19.9 Å². The Balaban J connectivity index is 1.76. The molecule has 2 amide bonds. The minimum Gasteiger partial charge on any atom is -0.410 e. The van der Waals surface area contributed by atoms with Gasteiger partial charge >= 0.3 is 6.09 Å². The summed E-state index contributed by atoms with van der Waals surface area (Å²) in [5.41, 5.74) is 2.94. The summed E-state index contributed by atoms with van der Waals surface area (Å²) in [7, 11) is 0. The van der Waals surface area contributed by atoms with Crippen LogP contribution in [0.25, 0.3) is 5.57 Å². The molecule has 2 aliphatic rings. The highest BCUT2D eigenvalue weighted by Crippen LogP contribution is 2.39. The molecule has 0 bridgehead atoms. The number of anilines is 2. The number of halogens is 1. The lowest BCUT2D eigenvalue weighted by atomic mass is 9.98. The predicted molar refractivity (Wildman–Crippen MR) is 143 cm³/mol. The van der Waals surface area contributed by atoms with Crippen molar-refractivity contribution in [3.63, 3.8) is 0 Å². The van der Waals surface area contributed by atoms with E-state index in [1.54, 1.807) is 18.7 Å². The average Bonchev–Trinajstić information content (AvgIpc) is 3.08. The molecule has 7 nitrogen and oxygen atoms in total. The molecule has 1 heterocycles. The number of aliphatic hydroxyl groups is 1. The highest BCUT2D eigenvalue weighted by atomic mass is 19.1. The highest BCUT2D eigenvalue weighted by Gasteiger charge is 2.35. The van der Waals surface area contributed by atoms with Crippen LogP contribution in [0.1, 0.15) is 39.7 Å². The number of amides is 2. The van der Waals surface area contributed by atoms with E-state index in [4.69, 9.17) is 4.74 Å². The van der Waals surface area contributed by atoms with Gasteiger partial charge in [0, 0.05) is 37.7 Å². The van der Waals surface area contributed by atoms with Crippen LogP contribution in [0.15, 0.2) is 72.5 Å². The summed E-state index contributed by atoms with van der Waals surface area (Å²) in [5, 5.41) is 13.6. The van der Waals surface area contributed by atoms with Crippen molar-refractivity contribution in [3.05, 3.63) is 83.8 Å². The number of carbonyl (C=O) groups excluding carboxylic acids is 2. The first-order valence-electron chi connectivity index (χ1n) is 12.3. The van der Waals surface area contributed by atoms with Crippen LogP contribution in [-0.2, 0) is 4.79 Å². The van der Waals surface area contributed by atoms with Crippen LogP contribution >= 0.6 is 0 Å². The molecule has 2 aromatic carbocycles. The topological polar surface area (TPSA) is 82.1 Å². The molecule has 1 aliphatic heterocycles. The number of hydrogen-bond donors (Lipinski definition) is 2. The van der Waals surface area contributed by atoms with E-state index < -0.39 is 17.5 Å². The maximum atomic E-state index is 13.3. The van der Waals surface area contributed by atoms with Gasteiger partial charge in [0.15, 0.2) is 0 Å². The number of benzene rings is 2. The van der Waals surface area contributed by atoms with Gasteiger partial charge in [-0.3, -0.25) is 9.69 Å². The minimum atomic E-state index is -0.896. The van der Waals surface area contributed by atoms with Gasteiger partial charge in [-0.25, -0.2) is 9.18 Å². The van der Waals surface area contributed by atoms with Crippen molar-refractivity contribution < 1.29 is 23.8 Å². The van der Waals surface area contributed by atoms with Gasteiger partial charge in [-0.05, 0) is 62.7 Å². The normalized spacial score (nSPS) is 17.4. The van der Waals surface area contributed by atoms with Crippen molar-refractivity contribution in [1.29, 1.82) is 0 Å². The molecule has 2 N–H and O–H groups in total. The molecule has 0 spiro atoms. The molecular weight excluding hydrogens is 473 g/mol. The fourth-order valence-electron chi connectivity index (χ4n) is 4.49. The summed E-state index contributed by atoms with van der Waals surface area (Å²) in [6.07, 6.45) is 7.93. The fourth-order valence-corrected chi connectivity index (χ4v) is 4.49. The summed E-state index contributed by atoms with van der Waals surface area (Å²) < 4.78 is 18.9. The van der Waals surface area contributed by atoms with Crippen molar-refractivity contribution in [3.8, 4) is 5.75 Å². The van der Waals surface area contributed by atoms with E-state index in [2.05, 4.69) is 5.32 Å². The molecule has 1 aliphatic carbocycles. The van der Waals surface area contributed by atoms with Gasteiger partial charge in [-0.1, -0.05) is 30.4 Å². The molecule has 194 valence electrons. The largest absolute Gasteiger partial charge is 0.419 e. The van der Waals surface area contributed by atoms with E-state index >= 15 is 0 Å². The lowest BCUT2D eigenvalue weighted by molar-refractivity contribution is -0.117. The highest BCUT2D eigenvalue weighted by molar-refractivity contribution is 6.03. The maximum absolute atomic E-state index is 13.3. The first-order chi connectivity index (χ1) is 17.5. The zero-order valence-corrected chi connectivity index (χ0v) is 21.5. The first kappa shape index (κ1) is 26.2. The monoisotopic (exact) mass is 505 g/mol. The van der Waals surface area contributed by atoms with E-state index in [9.17, 15) is 19.1 Å². The number of fused-ring (bicyclic) bond motifs is 1. The zero-order chi connectivity index (χ0) is 26.7. The second kappa shape index (κ2) is 10.6. The van der Waals surface area contributed by atoms with Crippen LogP contribution in [0, 0.1) is 5.82 Å². The Bertz CT molecular complexity index is 1280. The molecule has 8 heteroatoms. The van der Waals surface area contributed by atoms with E-state index in [0.29, 0.717) is 24.3 Å². The summed E-state index contributed by atoms with van der Waals surface area (Å²) >= 11 is 0. The lowest BCUT2D eigenvalue weighted by Gasteiger charge is -2.40. The third kappa shape index (κ3) is 6.09. The third-order valence-corrected chi connectivity index (χ3v) is 6.19. The van der Waals surface area contributed by atoms with Crippen LogP contribution in [0.3, 0.4) is 0 Å². The van der Waals surface area contributed by atoms with Crippen LogP contribution in [-0.4, -0.2) is 41.8 Å². The molecule has 2 aromatic rings. The van der Waals surface area contributed by atoms with Crippen molar-refractivity contribution in [2.45, 2.75) is 45.8 Å². The second-order valence-electron chi connectivity index (χ2n) is 9.92. The molecule has 4 rings (SSSR count). The lowest BCUT2D eigenvalue weighted by Crippen LogP contribution is -2.52. The number of ether oxygens (including phenoxy) is 1. The van der Waals surface area contributed by atoms with Crippen molar-refractivity contribution in [1.82, 2.24) is 5.32 Å². The predicted octanol–water partition coefficient (Wildman–Crippen LogP) is 5.17. The summed E-state index contributed by atoms with van der Waals surface area (Å²) in [4.78, 5) is 29.0. The molecule has 1 atom stereocenters. The van der Waals surface area contributed by atoms with Crippen molar-refractivity contribution >= 4 is 28.9 Å². The average molecular weight is 506 g/mol. The minimum absolute atomic E-state index is 0.127. The molecule has 0 radical (unpaired) electrons. The van der Waals surface area contributed by atoms with E-state index in [0.717, 1.165) is 16.8 Å². The van der Waals surface area contributed by atoms with Crippen LogP contribution in [0.4, 0.5) is 20.6 Å². The smallest absolute Gasteiger partial charge is 0.410 e. The Morgan fingerprint density at radius 1 is 1.14 bits per heavy atom. The van der Waals surface area contributed by atoms with Gasteiger partial charge in [-0.15, -0.1) is 0 Å². The Hall–Kier alpha value is -3.91. The number of hydrogen-bond acceptors (Lipinski definition) is 5. The Morgan fingerprint density at radius 2 is 1.86 bits per heavy atom. The van der Waals surface area contributed by atoms with Gasteiger partial charge in [0.1, 0.15) is 11.6 Å². The number of allylic oxidation sites excluding steroid dienone is 5. The van der Waals surface area contributed by atoms with Crippen LogP contribution in [0.2, 0.25) is 0 Å². The molecule has 0 saturated carbocycles. The van der Waals surface area contributed by atoms with Gasteiger partial charge < -0.3 is 20.1 Å². The number of carbonyl (C=O) groups is 2. The SMILES string of the molecule is CC(=O)N1c2ccc(C3=C(NCC(C)(C)O)CC=CC=C3)cc2N(C(=O)Oc2ccc(F)cc2)CC1C. The quantitative estimate of drug-likeness (QED) is 0.586. The van der Waals surface area contributed by atoms with Crippen molar-refractivity contribution in [2.24, 2.45) is 0 Å². The second-order valence-corrected chi connectivity index (χ2v) is 9.92. The molecule has 37 heavy (non-hydrogen) atoms. The van der Waals surface area contributed by atoms with E-state index in [1.165, 1.54) is 36.1 Å². The zero-order valence-electron chi connectivity index (χ0n) is 21.5. The van der Waals surface area contributed by atoms with Crippen molar-refractivity contribution in [2.75, 3.05) is 22.9 Å². The first-order valence-corrected chi connectivity index (χ1v) is 12.3. The standard InChI is InChI=1S/C29H32FN3O4/c1-19-17-32(28(35)37-23-13-11-22(30)12-14-23)27-16-21(10-15-26(27)33(19)20(2)34)24-8-6-5-7-9-25(24)31-18-29(3,4)36/h5-8,10-16,19,31,36H,9,17-18H2,1-4H3. The molecule has 0 aromatic heterocycles. The number of nitrogens with zero attached hydrogens (tertiary/aromatic N) is 2. The van der Waals surface area contributed by atoms with Gasteiger partial charge in [0.2, 0.25) is 5.91 Å². The number of nitrogens with one attached hydrogen (secondary N) is 1. The summed E-state index contributed by atoms with van der Waals surface area (Å²) in [5.74, 6) is -0.325. The van der Waals surface area contributed by atoms with Gasteiger partial charge in [0.05, 0.1) is 23.0 Å². The van der Waals surface area contributed by atoms with Gasteiger partial charge in [0.25, 0.3) is 0 Å². The molecule has 0 fully saturated rings. The molecule has 1 unspecified atom stereocenters. The molecular formula is C29H32FN3O4. The summed E-state index contributed by atoms with van der Waals surface area (Å²) in [6.45, 7) is 7.45. The van der Waals surface area contributed by atoms with Gasteiger partial charge in [-0.2, -0.15) is 0 Å². The maximum Gasteiger partial charge on any atom is 0.419 e. The Labute approximate surface area is 216 Å².